The van der Waals surface area contributed by atoms with E-state index in [2.05, 4.69) is 17.0 Å². The van der Waals surface area contributed by atoms with Crippen LogP contribution in [0.15, 0.2) is 15.1 Å². The topological polar surface area (TPSA) is 69.9 Å². The molecule has 0 aromatic heterocycles. The van der Waals surface area contributed by atoms with Gasteiger partial charge in [0.25, 0.3) is 0 Å². The molecule has 4 aliphatic rings. The molecular formula is C20H28F3N5O2. The van der Waals surface area contributed by atoms with Crippen LogP contribution in [0.5, 0.6) is 0 Å². The molecule has 0 aromatic carbocycles. The van der Waals surface area contributed by atoms with Gasteiger partial charge in [0.2, 0.25) is 5.91 Å². The van der Waals surface area contributed by atoms with E-state index in [-0.39, 0.29) is 48.4 Å². The second-order valence-corrected chi connectivity index (χ2v) is 8.85. The minimum absolute atomic E-state index is 0.0480. The summed E-state index contributed by atoms with van der Waals surface area (Å²) in [7, 11) is 1.70. The largest absolute Gasteiger partial charge is 0.407 e. The molecule has 0 aromatic rings. The molecule has 30 heavy (non-hydrogen) atoms. The summed E-state index contributed by atoms with van der Waals surface area (Å²) in [6.45, 7) is 3.40. The molecule has 7 atom stereocenters. The molecule has 1 fully saturated rings. The van der Waals surface area contributed by atoms with Crippen LogP contribution < -0.4 is 0 Å². The first-order valence-electron chi connectivity index (χ1n) is 10.4. The van der Waals surface area contributed by atoms with Crippen LogP contribution in [-0.2, 0) is 9.53 Å². The maximum absolute atomic E-state index is 13.0. The van der Waals surface area contributed by atoms with Gasteiger partial charge in [-0.25, -0.2) is 0 Å². The molecule has 4 heterocycles. The van der Waals surface area contributed by atoms with Crippen molar-refractivity contribution in [1.82, 2.24) is 9.91 Å². The third-order valence-corrected chi connectivity index (χ3v) is 6.67. The van der Waals surface area contributed by atoms with Crippen LogP contribution in [0.1, 0.15) is 26.7 Å². The summed E-state index contributed by atoms with van der Waals surface area (Å²) in [6.07, 6.45) is 0.800. The van der Waals surface area contributed by atoms with Crippen molar-refractivity contribution >= 4 is 24.0 Å². The lowest BCUT2D eigenvalue weighted by Gasteiger charge is -2.35. The fourth-order valence-corrected chi connectivity index (χ4v) is 5.09. The van der Waals surface area contributed by atoms with E-state index in [1.807, 2.05) is 13.1 Å². The molecule has 0 bridgehead atoms. The molecule has 7 unspecified atom stereocenters. The molecule has 1 saturated heterocycles. The zero-order valence-electron chi connectivity index (χ0n) is 17.4. The molecule has 1 amide bonds. The highest BCUT2D eigenvalue weighted by Crippen LogP contribution is 2.37. The Balaban J connectivity index is 1.46. The number of hydrazone groups is 1. The highest BCUT2D eigenvalue weighted by molar-refractivity contribution is 6.12. The van der Waals surface area contributed by atoms with Crippen molar-refractivity contribution in [2.24, 2.45) is 32.8 Å². The van der Waals surface area contributed by atoms with Gasteiger partial charge in [0.1, 0.15) is 6.54 Å². The summed E-state index contributed by atoms with van der Waals surface area (Å²) in [4.78, 5) is 24.2. The van der Waals surface area contributed by atoms with Crippen molar-refractivity contribution in [1.29, 1.82) is 0 Å². The van der Waals surface area contributed by atoms with Gasteiger partial charge in [-0.05, 0) is 25.7 Å². The number of ether oxygens (including phenoxy) is 1. The van der Waals surface area contributed by atoms with Crippen LogP contribution in [0.2, 0.25) is 0 Å². The molecule has 4 rings (SSSR count). The van der Waals surface area contributed by atoms with Crippen molar-refractivity contribution in [3.05, 3.63) is 0 Å². The molecule has 7 nitrogen and oxygen atoms in total. The van der Waals surface area contributed by atoms with Gasteiger partial charge in [-0.1, -0.05) is 6.92 Å². The third-order valence-electron chi connectivity index (χ3n) is 6.67. The maximum atomic E-state index is 13.0. The summed E-state index contributed by atoms with van der Waals surface area (Å²) in [6, 6.07) is -0.279. The van der Waals surface area contributed by atoms with Crippen molar-refractivity contribution in [3.63, 3.8) is 0 Å². The monoisotopic (exact) mass is 427 g/mol. The van der Waals surface area contributed by atoms with Crippen LogP contribution in [0.25, 0.3) is 0 Å². The average Bonchev–Trinajstić information content (AvgIpc) is 3.25. The van der Waals surface area contributed by atoms with E-state index in [4.69, 9.17) is 9.73 Å². The number of hydrogen-bond donors (Lipinski definition) is 0. The van der Waals surface area contributed by atoms with Gasteiger partial charge >= 0.3 is 6.18 Å². The van der Waals surface area contributed by atoms with Gasteiger partial charge < -0.3 is 9.64 Å². The molecule has 0 radical (unpaired) electrons. The number of hydrogen-bond acceptors (Lipinski definition) is 6. The highest BCUT2D eigenvalue weighted by Gasteiger charge is 2.48. The number of amides is 1. The number of carbonyl (C=O) groups excluding carboxylic acids is 1. The molecule has 0 N–H and O–H groups in total. The standard InChI is InChI=1S/C20H28F3N5O2/c1-11-4-15(13-5-17(30-3)12(2)24-6-13)26-16-9-28(19(29)18(11)16)14-7-25-27(8-14)10-20(21,22)23/h6-7,11-15,17-18H,4-5,8-10H2,1-3H3. The molecular weight excluding hydrogens is 399 g/mol. The van der Waals surface area contributed by atoms with E-state index in [1.165, 1.54) is 6.21 Å². The van der Waals surface area contributed by atoms with Gasteiger partial charge in [-0.3, -0.25) is 19.8 Å². The van der Waals surface area contributed by atoms with E-state index in [9.17, 15) is 18.0 Å². The first kappa shape index (κ1) is 21.3. The minimum atomic E-state index is -4.32. The van der Waals surface area contributed by atoms with Gasteiger partial charge in [0.15, 0.2) is 0 Å². The van der Waals surface area contributed by atoms with E-state index < -0.39 is 18.8 Å². The van der Waals surface area contributed by atoms with Crippen LogP contribution in [0, 0.1) is 17.8 Å². The van der Waals surface area contributed by atoms with Crippen LogP contribution >= 0.6 is 0 Å². The number of carbonyl (C=O) groups is 1. The number of aliphatic imine (C=N–C) groups is 2. The predicted molar refractivity (Wildman–Crippen MR) is 107 cm³/mol. The molecule has 0 spiro atoms. The Hall–Kier alpha value is -1.97. The lowest BCUT2D eigenvalue weighted by Crippen LogP contribution is -2.43. The number of nitrogens with zero attached hydrogens (tertiary/aromatic N) is 5. The maximum Gasteiger partial charge on any atom is 0.407 e. The second kappa shape index (κ2) is 7.94. The number of rotatable bonds is 4. The fraction of sp³-hybridized carbons (Fsp3) is 0.800. The van der Waals surface area contributed by atoms with Crippen LogP contribution in [0.4, 0.5) is 13.2 Å². The van der Waals surface area contributed by atoms with E-state index >= 15 is 0 Å². The highest BCUT2D eigenvalue weighted by atomic mass is 19.4. The van der Waals surface area contributed by atoms with E-state index in [1.54, 1.807) is 12.0 Å². The quantitative estimate of drug-likeness (QED) is 0.689. The fourth-order valence-electron chi connectivity index (χ4n) is 5.09. The van der Waals surface area contributed by atoms with Gasteiger partial charge in [-0.15, -0.1) is 0 Å². The SMILES string of the molecule is COC1CC(C2CC(C)C3C(=O)N(C4C=NN(CC(F)(F)F)C4)CC3=N2)C=NC1C. The van der Waals surface area contributed by atoms with Gasteiger partial charge in [-0.2, -0.15) is 18.3 Å². The number of fused-ring (bicyclic) bond motifs is 1. The Morgan fingerprint density at radius 3 is 2.70 bits per heavy atom. The van der Waals surface area contributed by atoms with E-state index in [0.717, 1.165) is 23.6 Å². The molecule has 166 valence electrons. The van der Waals surface area contributed by atoms with Crippen LogP contribution in [-0.4, -0.2) is 91.1 Å². The Labute approximate surface area is 174 Å². The van der Waals surface area contributed by atoms with Crippen molar-refractivity contribution < 1.29 is 22.7 Å². The van der Waals surface area contributed by atoms with Gasteiger partial charge in [0, 0.05) is 31.2 Å². The number of halogens is 3. The van der Waals surface area contributed by atoms with Gasteiger partial charge in [0.05, 0.1) is 43.2 Å². The van der Waals surface area contributed by atoms with Crippen molar-refractivity contribution in [2.75, 3.05) is 26.7 Å². The smallest absolute Gasteiger partial charge is 0.379 e. The number of alkyl halides is 3. The Kier molecular flexibility index (Phi) is 5.63. The van der Waals surface area contributed by atoms with Crippen molar-refractivity contribution in [3.8, 4) is 0 Å². The lowest BCUT2D eigenvalue weighted by atomic mass is 9.77. The Morgan fingerprint density at radius 1 is 1.23 bits per heavy atom. The van der Waals surface area contributed by atoms with E-state index in [0.29, 0.717) is 6.54 Å². The zero-order chi connectivity index (χ0) is 21.6. The molecule has 0 aliphatic carbocycles. The molecule has 10 heteroatoms. The predicted octanol–water partition coefficient (Wildman–Crippen LogP) is 2.02. The summed E-state index contributed by atoms with van der Waals surface area (Å²) in [5.41, 5.74) is 0.840. The molecule has 0 saturated carbocycles. The normalized spacial score (nSPS) is 38.9. The zero-order valence-corrected chi connectivity index (χ0v) is 17.4. The summed E-state index contributed by atoms with van der Waals surface area (Å²) < 4.78 is 43.5. The summed E-state index contributed by atoms with van der Waals surface area (Å²) in [5.74, 6) is -0.0467. The van der Waals surface area contributed by atoms with Crippen molar-refractivity contribution in [2.45, 2.75) is 57.1 Å². The summed E-state index contributed by atoms with van der Waals surface area (Å²) in [5, 5.41) is 4.83. The minimum Gasteiger partial charge on any atom is -0.379 e. The number of likely N-dealkylation sites (tertiary alicyclic amines) is 1. The first-order chi connectivity index (χ1) is 14.2. The summed E-state index contributed by atoms with van der Waals surface area (Å²) >= 11 is 0. The molecule has 4 aliphatic heterocycles. The van der Waals surface area contributed by atoms with Crippen LogP contribution in [0.3, 0.4) is 0 Å². The average molecular weight is 427 g/mol. The number of methoxy groups -OCH3 is 1. The Bertz CT molecular complexity index is 768. The third kappa shape index (κ3) is 4.10. The lowest BCUT2D eigenvalue weighted by molar-refractivity contribution is -0.146. The second-order valence-electron chi connectivity index (χ2n) is 8.85. The first-order valence-corrected chi connectivity index (χ1v) is 10.4. The Morgan fingerprint density at radius 2 is 2.00 bits per heavy atom.